The molecule has 0 aromatic carbocycles. The van der Waals surface area contributed by atoms with Crippen molar-refractivity contribution in [2.45, 2.75) is 108 Å². The third-order valence-electron chi connectivity index (χ3n) is 7.46. The lowest BCUT2D eigenvalue weighted by molar-refractivity contribution is -0.330. The van der Waals surface area contributed by atoms with Gasteiger partial charge in [-0.3, -0.25) is 4.79 Å². The van der Waals surface area contributed by atoms with Crippen LogP contribution < -0.4 is 0 Å². The first-order chi connectivity index (χ1) is 17.2. The van der Waals surface area contributed by atoms with Crippen molar-refractivity contribution in [3.8, 4) is 0 Å². The predicted octanol–water partition coefficient (Wildman–Crippen LogP) is -1.87. The molecule has 2 heterocycles. The molecule has 7 N–H and O–H groups in total. The molecule has 0 radical (unpaired) electrons. The van der Waals surface area contributed by atoms with Crippen molar-refractivity contribution in [1.29, 1.82) is 0 Å². The molecule has 0 bridgehead atoms. The molecule has 0 aromatic heterocycles. The number of ether oxygens (including phenoxy) is 4. The lowest BCUT2D eigenvalue weighted by Crippen LogP contribution is -2.61. The van der Waals surface area contributed by atoms with Crippen LogP contribution in [0, 0.1) is 11.3 Å². The highest BCUT2D eigenvalue weighted by atomic mass is 16.7. The number of rotatable bonds is 7. The zero-order valence-electron chi connectivity index (χ0n) is 21.6. The molecule has 12 heteroatoms. The van der Waals surface area contributed by atoms with Crippen LogP contribution in [-0.2, 0) is 23.7 Å². The highest BCUT2D eigenvalue weighted by Gasteiger charge is 2.47. The van der Waals surface area contributed by atoms with Crippen molar-refractivity contribution in [2.75, 3.05) is 6.61 Å². The van der Waals surface area contributed by atoms with Crippen molar-refractivity contribution >= 4 is 5.78 Å². The summed E-state index contributed by atoms with van der Waals surface area (Å²) >= 11 is 0. The summed E-state index contributed by atoms with van der Waals surface area (Å²) in [6.45, 7) is 8.15. The van der Waals surface area contributed by atoms with Gasteiger partial charge in [-0.05, 0) is 26.8 Å². The molecule has 0 amide bonds. The summed E-state index contributed by atoms with van der Waals surface area (Å²) in [5, 5.41) is 71.3. The molecular weight excluding hydrogens is 492 g/mol. The van der Waals surface area contributed by atoms with Crippen LogP contribution in [0.1, 0.15) is 34.6 Å². The van der Waals surface area contributed by atoms with E-state index in [2.05, 4.69) is 0 Å². The van der Waals surface area contributed by atoms with E-state index in [1.165, 1.54) is 13.0 Å². The maximum atomic E-state index is 12.0. The number of hydrogen-bond acceptors (Lipinski definition) is 12. The summed E-state index contributed by atoms with van der Waals surface area (Å²) in [7, 11) is 0. The van der Waals surface area contributed by atoms with E-state index in [0.29, 0.717) is 0 Å². The lowest BCUT2D eigenvalue weighted by Gasteiger charge is -2.43. The summed E-state index contributed by atoms with van der Waals surface area (Å²) in [6.07, 6.45) is -10.7. The van der Waals surface area contributed by atoms with Crippen LogP contribution in [0.15, 0.2) is 23.8 Å². The van der Waals surface area contributed by atoms with Gasteiger partial charge in [0.1, 0.15) is 48.8 Å². The van der Waals surface area contributed by atoms with Crippen LogP contribution in [0.5, 0.6) is 0 Å². The Morgan fingerprint density at radius 2 is 1.54 bits per heavy atom. The molecule has 3 aliphatic rings. The monoisotopic (exact) mass is 532 g/mol. The standard InChI is InChI=1S/C25H40O12/c1-10-8-14(26)22(33)25(4,5)13(10)7-6-11(2)35-24-21(32)19(30)17(28)15(37-24)9-34-23-20(31)18(29)16(27)12(3)36-23/h6-8,11-13,15-24,27-33H,9H2,1-5H3/t11-,12+,13+,15-,16+,17-,18-,19+,20-,21-,22-,23-,24-/m1/s1. The summed E-state index contributed by atoms with van der Waals surface area (Å²) < 4.78 is 22.2. The van der Waals surface area contributed by atoms with E-state index in [1.54, 1.807) is 39.8 Å². The van der Waals surface area contributed by atoms with Crippen LogP contribution in [-0.4, -0.2) is 122 Å². The molecule has 12 nitrogen and oxygen atoms in total. The minimum atomic E-state index is -1.63. The SMILES string of the molecule is CC1=CC(=O)[C@@H](O)C(C)(C)[C@H]1C=C[C@@H](C)O[C@@H]1O[C@H](CO[C@@H]2O[C@@H](C)[C@H](O)[C@@H](O)[C@H]2O)[C@@H](O)[C@H](O)[C@H]1O. The molecule has 212 valence electrons. The Hall–Kier alpha value is -1.29. The maximum absolute atomic E-state index is 12.0. The number of carbonyl (C=O) groups is 1. The summed E-state index contributed by atoms with van der Waals surface area (Å²) in [5.74, 6) is -0.600. The first-order valence-electron chi connectivity index (χ1n) is 12.4. The van der Waals surface area contributed by atoms with E-state index >= 15 is 0 Å². The molecule has 1 aliphatic carbocycles. The van der Waals surface area contributed by atoms with Gasteiger partial charge in [-0.1, -0.05) is 31.6 Å². The van der Waals surface area contributed by atoms with Crippen LogP contribution in [0.4, 0.5) is 0 Å². The third-order valence-corrected chi connectivity index (χ3v) is 7.46. The first kappa shape index (κ1) is 30.3. The smallest absolute Gasteiger partial charge is 0.187 e. The van der Waals surface area contributed by atoms with Crippen LogP contribution in [0.3, 0.4) is 0 Å². The van der Waals surface area contributed by atoms with Gasteiger partial charge in [0.2, 0.25) is 0 Å². The van der Waals surface area contributed by atoms with Gasteiger partial charge in [0.05, 0.1) is 18.8 Å². The average Bonchev–Trinajstić information content (AvgIpc) is 2.83. The molecular formula is C25H40O12. The predicted molar refractivity (Wildman–Crippen MR) is 127 cm³/mol. The molecule has 2 saturated heterocycles. The minimum absolute atomic E-state index is 0.254. The molecule has 13 atom stereocenters. The second-order valence-corrected chi connectivity index (χ2v) is 10.7. The largest absolute Gasteiger partial charge is 0.388 e. The fourth-order valence-electron chi connectivity index (χ4n) is 4.95. The number of allylic oxidation sites excluding steroid dienone is 2. The van der Waals surface area contributed by atoms with Gasteiger partial charge in [-0.25, -0.2) is 0 Å². The van der Waals surface area contributed by atoms with E-state index in [-0.39, 0.29) is 11.7 Å². The van der Waals surface area contributed by atoms with Crippen molar-refractivity contribution in [2.24, 2.45) is 11.3 Å². The van der Waals surface area contributed by atoms with Crippen LogP contribution in [0.2, 0.25) is 0 Å². The van der Waals surface area contributed by atoms with Crippen molar-refractivity contribution in [3.05, 3.63) is 23.8 Å². The molecule has 2 fully saturated rings. The van der Waals surface area contributed by atoms with E-state index in [4.69, 9.17) is 18.9 Å². The summed E-state index contributed by atoms with van der Waals surface area (Å²) in [6, 6.07) is 0. The molecule has 3 rings (SSSR count). The molecule has 0 saturated carbocycles. The number of aliphatic hydroxyl groups is 7. The maximum Gasteiger partial charge on any atom is 0.187 e. The van der Waals surface area contributed by atoms with E-state index in [9.17, 15) is 40.5 Å². The van der Waals surface area contributed by atoms with E-state index in [1.807, 2.05) is 0 Å². The van der Waals surface area contributed by atoms with Gasteiger partial charge in [0.15, 0.2) is 18.4 Å². The molecule has 0 spiro atoms. The number of aliphatic hydroxyl groups excluding tert-OH is 7. The lowest BCUT2D eigenvalue weighted by atomic mass is 9.66. The second kappa shape index (κ2) is 11.8. The minimum Gasteiger partial charge on any atom is -0.388 e. The fraction of sp³-hybridized carbons (Fsp3) is 0.800. The van der Waals surface area contributed by atoms with E-state index < -0.39 is 85.6 Å². The molecule has 37 heavy (non-hydrogen) atoms. The second-order valence-electron chi connectivity index (χ2n) is 10.7. The Bertz CT molecular complexity index is 859. The van der Waals surface area contributed by atoms with Gasteiger partial charge < -0.3 is 54.7 Å². The average molecular weight is 533 g/mol. The summed E-state index contributed by atoms with van der Waals surface area (Å²) in [5.41, 5.74) is 0.0373. The highest BCUT2D eigenvalue weighted by molar-refractivity contribution is 5.95. The van der Waals surface area contributed by atoms with Gasteiger partial charge in [-0.15, -0.1) is 0 Å². The van der Waals surface area contributed by atoms with Crippen LogP contribution in [0.25, 0.3) is 0 Å². The van der Waals surface area contributed by atoms with Crippen molar-refractivity contribution in [1.82, 2.24) is 0 Å². The quantitative estimate of drug-likeness (QED) is 0.181. The van der Waals surface area contributed by atoms with Crippen LogP contribution >= 0.6 is 0 Å². The topological polar surface area (TPSA) is 196 Å². The number of hydrogen-bond donors (Lipinski definition) is 7. The van der Waals surface area contributed by atoms with Crippen molar-refractivity contribution < 1.29 is 59.5 Å². The molecule has 0 unspecified atom stereocenters. The number of carbonyl (C=O) groups excluding carboxylic acids is 1. The van der Waals surface area contributed by atoms with E-state index in [0.717, 1.165) is 5.57 Å². The van der Waals surface area contributed by atoms with Gasteiger partial charge >= 0.3 is 0 Å². The van der Waals surface area contributed by atoms with Gasteiger partial charge in [0.25, 0.3) is 0 Å². The highest BCUT2D eigenvalue weighted by Crippen LogP contribution is 2.41. The zero-order chi connectivity index (χ0) is 27.8. The molecule has 2 aliphatic heterocycles. The Kier molecular flexibility index (Phi) is 9.68. The van der Waals surface area contributed by atoms with Gasteiger partial charge in [0, 0.05) is 11.3 Å². The normalized spacial score (nSPS) is 45.6. The van der Waals surface area contributed by atoms with Gasteiger partial charge in [-0.2, -0.15) is 0 Å². The third kappa shape index (κ3) is 6.31. The van der Waals surface area contributed by atoms with Crippen molar-refractivity contribution in [3.63, 3.8) is 0 Å². The zero-order valence-corrected chi connectivity index (χ0v) is 21.6. The Labute approximate surface area is 215 Å². The first-order valence-corrected chi connectivity index (χ1v) is 12.4. The Balaban J connectivity index is 1.63. The Morgan fingerprint density at radius 3 is 2.19 bits per heavy atom. The Morgan fingerprint density at radius 1 is 0.946 bits per heavy atom. The summed E-state index contributed by atoms with van der Waals surface area (Å²) in [4.78, 5) is 12.0. The molecule has 0 aromatic rings. The fourth-order valence-corrected chi connectivity index (χ4v) is 4.95. The number of ketones is 1.